The molecule has 0 radical (unpaired) electrons. The van der Waals surface area contributed by atoms with Crippen LogP contribution in [0, 0.1) is 0 Å². The maximum absolute atomic E-state index is 12.8. The van der Waals surface area contributed by atoms with E-state index >= 15 is 0 Å². The van der Waals surface area contributed by atoms with E-state index in [0.29, 0.717) is 13.0 Å². The van der Waals surface area contributed by atoms with Gasteiger partial charge in [0.15, 0.2) is 6.29 Å². The molecule has 1 rings (SSSR count). The molecule has 0 aromatic rings. The lowest BCUT2D eigenvalue weighted by atomic mass is 9.99. The van der Waals surface area contributed by atoms with E-state index in [9.17, 15) is 28.5 Å². The fraction of sp³-hybridized carbons (Fsp3) is 0.837. The van der Waals surface area contributed by atoms with Gasteiger partial charge in [-0.25, -0.2) is 4.18 Å². The Morgan fingerprint density at radius 1 is 0.696 bits per heavy atom. The van der Waals surface area contributed by atoms with Gasteiger partial charge >= 0.3 is 16.4 Å². The van der Waals surface area contributed by atoms with Crippen LogP contribution in [-0.2, 0) is 38.3 Å². The molecule has 0 amide bonds. The van der Waals surface area contributed by atoms with Crippen molar-refractivity contribution in [3.63, 3.8) is 0 Å². The van der Waals surface area contributed by atoms with Crippen molar-refractivity contribution in [2.24, 2.45) is 0 Å². The fourth-order valence-corrected chi connectivity index (χ4v) is 7.02. The summed E-state index contributed by atoms with van der Waals surface area (Å²) < 4.78 is 58.9. The van der Waals surface area contributed by atoms with Crippen molar-refractivity contribution in [1.29, 1.82) is 0 Å². The number of esters is 1. The number of carbonyl (C=O) groups excluding carboxylic acids is 1. The van der Waals surface area contributed by atoms with Crippen LogP contribution < -0.4 is 0 Å². The van der Waals surface area contributed by atoms with Crippen LogP contribution in [0.2, 0.25) is 0 Å². The molecule has 56 heavy (non-hydrogen) atoms. The van der Waals surface area contributed by atoms with Crippen molar-refractivity contribution in [3.05, 3.63) is 36.5 Å². The summed E-state index contributed by atoms with van der Waals surface area (Å²) >= 11 is 0. The van der Waals surface area contributed by atoms with Crippen LogP contribution >= 0.6 is 0 Å². The zero-order valence-corrected chi connectivity index (χ0v) is 35.5. The molecule has 1 fully saturated rings. The molecule has 6 atom stereocenters. The summed E-state index contributed by atoms with van der Waals surface area (Å²) in [7, 11) is -5.06. The highest BCUT2D eigenvalue weighted by atomic mass is 32.3. The van der Waals surface area contributed by atoms with E-state index in [1.807, 2.05) is 0 Å². The van der Waals surface area contributed by atoms with Crippen LogP contribution in [-0.4, -0.2) is 97.5 Å². The number of rotatable bonds is 37. The number of ether oxygens (including phenoxy) is 4. The first-order valence-electron chi connectivity index (χ1n) is 21.7. The van der Waals surface area contributed by atoms with Gasteiger partial charge in [-0.2, -0.15) is 8.42 Å². The summed E-state index contributed by atoms with van der Waals surface area (Å²) in [5, 5.41) is 30.6. The summed E-state index contributed by atoms with van der Waals surface area (Å²) in [5.74, 6) is -0.404. The van der Waals surface area contributed by atoms with Gasteiger partial charge in [0, 0.05) is 13.0 Å². The van der Waals surface area contributed by atoms with Gasteiger partial charge in [0.1, 0.15) is 30.5 Å². The van der Waals surface area contributed by atoms with Gasteiger partial charge in [-0.15, -0.1) is 0 Å². The highest BCUT2D eigenvalue weighted by Crippen LogP contribution is 2.26. The molecule has 0 aromatic heterocycles. The number of unbranched alkanes of at least 4 members (excludes halogenated alkanes) is 18. The molecule has 1 aliphatic heterocycles. The SMILES string of the molecule is CC/C=C\C/C=C\C/C=C\CCCCCCCCCCOCC(COC1OC(CO)C(O)C(OS(=O)(=O)O)C1O)OC(=O)CCCCCCCCCCCCC. The Balaban J connectivity index is 2.43. The lowest BCUT2D eigenvalue weighted by Crippen LogP contribution is -2.60. The molecule has 1 aliphatic rings. The molecule has 0 bridgehead atoms. The Morgan fingerprint density at radius 2 is 1.23 bits per heavy atom. The van der Waals surface area contributed by atoms with E-state index in [2.05, 4.69) is 54.5 Å². The largest absolute Gasteiger partial charge is 0.457 e. The molecular weight excluding hydrogens is 741 g/mol. The molecule has 328 valence electrons. The van der Waals surface area contributed by atoms with Crippen LogP contribution in [0.5, 0.6) is 0 Å². The quantitative estimate of drug-likeness (QED) is 0.0203. The van der Waals surface area contributed by atoms with Crippen molar-refractivity contribution in [1.82, 2.24) is 0 Å². The lowest BCUT2D eigenvalue weighted by Gasteiger charge is -2.41. The van der Waals surface area contributed by atoms with E-state index in [1.54, 1.807) is 0 Å². The molecule has 1 heterocycles. The Kier molecular flexibility index (Phi) is 33.0. The van der Waals surface area contributed by atoms with Crippen LogP contribution in [0.15, 0.2) is 36.5 Å². The fourth-order valence-electron chi connectivity index (χ4n) is 6.51. The van der Waals surface area contributed by atoms with Gasteiger partial charge in [-0.1, -0.05) is 153 Å². The van der Waals surface area contributed by atoms with E-state index in [1.165, 1.54) is 77.0 Å². The predicted octanol–water partition coefficient (Wildman–Crippen LogP) is 8.63. The van der Waals surface area contributed by atoms with Crippen molar-refractivity contribution >= 4 is 16.4 Å². The topological polar surface area (TPSA) is 178 Å². The smallest absolute Gasteiger partial charge is 0.397 e. The van der Waals surface area contributed by atoms with E-state index in [0.717, 1.165) is 64.2 Å². The van der Waals surface area contributed by atoms with Gasteiger partial charge < -0.3 is 34.3 Å². The second-order valence-corrected chi connectivity index (χ2v) is 16.0. The number of aliphatic hydroxyl groups is 3. The molecule has 0 spiro atoms. The number of hydrogen-bond donors (Lipinski definition) is 4. The maximum atomic E-state index is 12.8. The van der Waals surface area contributed by atoms with Crippen LogP contribution in [0.3, 0.4) is 0 Å². The standard InChI is InChI=1S/C43H78O12S/c1-3-5-7-9-11-13-15-16-17-18-19-20-21-23-25-27-29-31-33-51-35-37(53-39(45)32-30-28-26-24-22-14-12-10-8-6-4-2)36-52-43-41(47)42(55-56(48,49)50)40(46)38(34-44)54-43/h5,7,11,13,16-17,37-38,40-44,46-47H,3-4,6,8-10,12,14-15,18-36H2,1-2H3,(H,48,49,50)/b7-5-,13-11-,17-16-. The molecule has 0 aliphatic carbocycles. The Bertz CT molecular complexity index is 1130. The molecule has 1 saturated heterocycles. The first-order valence-corrected chi connectivity index (χ1v) is 23.1. The molecule has 0 saturated carbocycles. The second kappa shape index (κ2) is 35.3. The third kappa shape index (κ3) is 28.7. The summed E-state index contributed by atoms with van der Waals surface area (Å²) in [6.07, 6.45) is 30.4. The normalized spacial score (nSPS) is 21.1. The maximum Gasteiger partial charge on any atom is 0.397 e. The van der Waals surface area contributed by atoms with Gasteiger partial charge in [0.25, 0.3) is 0 Å². The van der Waals surface area contributed by atoms with Crippen molar-refractivity contribution < 1.29 is 56.2 Å². The number of carbonyl (C=O) groups is 1. The van der Waals surface area contributed by atoms with Gasteiger partial charge in [-0.05, 0) is 44.9 Å². The minimum Gasteiger partial charge on any atom is -0.457 e. The average molecular weight is 819 g/mol. The first kappa shape index (κ1) is 52.3. The van der Waals surface area contributed by atoms with Crippen LogP contribution in [0.1, 0.15) is 168 Å². The van der Waals surface area contributed by atoms with E-state index < -0.39 is 59.8 Å². The minimum atomic E-state index is -5.06. The zero-order chi connectivity index (χ0) is 41.1. The van der Waals surface area contributed by atoms with Crippen molar-refractivity contribution in [2.75, 3.05) is 26.4 Å². The number of allylic oxidation sites excluding steroid dienone is 6. The number of hydrogen-bond acceptors (Lipinski definition) is 11. The monoisotopic (exact) mass is 819 g/mol. The summed E-state index contributed by atoms with van der Waals surface area (Å²) in [6.45, 7) is 3.85. The summed E-state index contributed by atoms with van der Waals surface area (Å²) in [4.78, 5) is 12.8. The van der Waals surface area contributed by atoms with Gasteiger partial charge in [-0.3, -0.25) is 9.35 Å². The molecular formula is C43H78O12S. The molecule has 6 unspecified atom stereocenters. The predicted molar refractivity (Wildman–Crippen MR) is 220 cm³/mol. The minimum absolute atomic E-state index is 0.0326. The van der Waals surface area contributed by atoms with Crippen molar-refractivity contribution in [2.45, 2.75) is 205 Å². The van der Waals surface area contributed by atoms with Crippen LogP contribution in [0.4, 0.5) is 0 Å². The Labute approximate surface area is 339 Å². The summed E-state index contributed by atoms with van der Waals surface area (Å²) in [5.41, 5.74) is 0. The average Bonchev–Trinajstić information content (AvgIpc) is 3.17. The van der Waals surface area contributed by atoms with E-state index in [4.69, 9.17) is 23.5 Å². The summed E-state index contributed by atoms with van der Waals surface area (Å²) in [6, 6.07) is 0. The highest BCUT2D eigenvalue weighted by molar-refractivity contribution is 7.80. The van der Waals surface area contributed by atoms with Crippen molar-refractivity contribution in [3.8, 4) is 0 Å². The van der Waals surface area contributed by atoms with Gasteiger partial charge in [0.05, 0.1) is 19.8 Å². The Hall–Kier alpha value is -1.68. The molecule has 12 nitrogen and oxygen atoms in total. The zero-order valence-electron chi connectivity index (χ0n) is 34.7. The molecule has 4 N–H and O–H groups in total. The first-order chi connectivity index (χ1) is 27.1. The second-order valence-electron chi connectivity index (χ2n) is 14.9. The van der Waals surface area contributed by atoms with Crippen LogP contribution in [0.25, 0.3) is 0 Å². The third-order valence-electron chi connectivity index (χ3n) is 9.78. The molecule has 13 heteroatoms. The number of aliphatic hydroxyl groups excluding tert-OH is 3. The Morgan fingerprint density at radius 3 is 1.80 bits per heavy atom. The highest BCUT2D eigenvalue weighted by Gasteiger charge is 2.48. The van der Waals surface area contributed by atoms with E-state index in [-0.39, 0.29) is 19.6 Å². The van der Waals surface area contributed by atoms with Gasteiger partial charge in [0.2, 0.25) is 0 Å². The third-order valence-corrected chi connectivity index (χ3v) is 10.2. The lowest BCUT2D eigenvalue weighted by molar-refractivity contribution is -0.301. The molecule has 0 aromatic carbocycles.